The summed E-state index contributed by atoms with van der Waals surface area (Å²) in [4.78, 5) is 12.1. The Morgan fingerprint density at radius 1 is 1.10 bits per heavy atom. The number of hydrogen-bond acceptors (Lipinski definition) is 3. The molecule has 0 saturated heterocycles. The molecule has 3 heteroatoms. The lowest BCUT2D eigenvalue weighted by molar-refractivity contribution is -0.126. The summed E-state index contributed by atoms with van der Waals surface area (Å²) in [7, 11) is 0. The fourth-order valence-corrected chi connectivity index (χ4v) is 2.39. The second-order valence-electron chi connectivity index (χ2n) is 5.32. The second kappa shape index (κ2) is 4.21. The third-order valence-corrected chi connectivity index (χ3v) is 3.48. The van der Waals surface area contributed by atoms with Gasteiger partial charge in [0.1, 0.15) is 17.4 Å². The monoisotopic (exact) mass is 263 g/mol. The third-order valence-electron chi connectivity index (χ3n) is 3.48. The molecule has 98 valence electrons. The summed E-state index contributed by atoms with van der Waals surface area (Å²) < 4.78 is 5.71. The van der Waals surface area contributed by atoms with Gasteiger partial charge in [0, 0.05) is 5.56 Å². The van der Waals surface area contributed by atoms with Crippen molar-refractivity contribution in [1.82, 2.24) is 0 Å². The Morgan fingerprint density at radius 3 is 2.50 bits per heavy atom. The average Bonchev–Trinajstić information content (AvgIpc) is 2.69. The van der Waals surface area contributed by atoms with Gasteiger partial charge in [-0.05, 0) is 30.7 Å². The van der Waals surface area contributed by atoms with E-state index in [1.54, 1.807) is 13.8 Å². The Labute approximate surface area is 117 Å². The first-order chi connectivity index (χ1) is 9.53. The molecule has 2 aromatic rings. The van der Waals surface area contributed by atoms with Gasteiger partial charge in [0.05, 0.1) is 0 Å². The van der Waals surface area contributed by atoms with Crippen LogP contribution in [0.5, 0.6) is 0 Å². The molecule has 0 bridgehead atoms. The highest BCUT2D eigenvalue weighted by Crippen LogP contribution is 2.36. The number of fused-ring (bicyclic) bond motifs is 1. The van der Waals surface area contributed by atoms with E-state index in [1.807, 2.05) is 48.5 Å². The molecule has 0 saturated carbocycles. The van der Waals surface area contributed by atoms with Crippen molar-refractivity contribution in [3.63, 3.8) is 0 Å². The molecule has 0 spiro atoms. The largest absolute Gasteiger partial charge is 0.478 e. The van der Waals surface area contributed by atoms with Gasteiger partial charge in [0.25, 0.3) is 0 Å². The molecule has 0 fully saturated rings. The van der Waals surface area contributed by atoms with E-state index in [-0.39, 0.29) is 11.4 Å². The number of hydrogen-bond donors (Lipinski definition) is 0. The number of nitrogens with zero attached hydrogens (tertiary/aromatic N) is 1. The number of carbonyl (C=O) groups is 1. The van der Waals surface area contributed by atoms with Gasteiger partial charge >= 0.3 is 0 Å². The molecule has 1 heterocycles. The topological polar surface area (TPSA) is 50.1 Å². The highest BCUT2D eigenvalue weighted by atomic mass is 16.5. The minimum Gasteiger partial charge on any atom is -0.478 e. The van der Waals surface area contributed by atoms with E-state index in [4.69, 9.17) is 4.74 Å². The summed E-state index contributed by atoms with van der Waals surface area (Å²) >= 11 is 0. The Morgan fingerprint density at radius 2 is 1.80 bits per heavy atom. The molecule has 0 aromatic heterocycles. The first-order valence-electron chi connectivity index (χ1n) is 6.40. The predicted molar refractivity (Wildman–Crippen MR) is 76.7 cm³/mol. The minimum atomic E-state index is -0.966. The van der Waals surface area contributed by atoms with Gasteiger partial charge in [-0.1, -0.05) is 36.4 Å². The van der Waals surface area contributed by atoms with E-state index < -0.39 is 5.60 Å². The van der Waals surface area contributed by atoms with Crippen molar-refractivity contribution in [2.75, 3.05) is 0 Å². The molecule has 1 aliphatic heterocycles. The van der Waals surface area contributed by atoms with Crippen LogP contribution in [0.3, 0.4) is 0 Å². The number of benzene rings is 2. The van der Waals surface area contributed by atoms with Crippen LogP contribution in [0, 0.1) is 11.3 Å². The van der Waals surface area contributed by atoms with Crippen LogP contribution in [0.4, 0.5) is 0 Å². The van der Waals surface area contributed by atoms with Crippen molar-refractivity contribution in [3.05, 3.63) is 53.6 Å². The molecular weight excluding hydrogens is 250 g/mol. The maximum Gasteiger partial charge on any atom is 0.220 e. The van der Waals surface area contributed by atoms with E-state index in [0.29, 0.717) is 5.76 Å². The smallest absolute Gasteiger partial charge is 0.220 e. The molecule has 20 heavy (non-hydrogen) atoms. The van der Waals surface area contributed by atoms with E-state index in [1.165, 1.54) is 0 Å². The van der Waals surface area contributed by atoms with E-state index >= 15 is 0 Å². The van der Waals surface area contributed by atoms with Crippen molar-refractivity contribution in [1.29, 1.82) is 5.26 Å². The van der Waals surface area contributed by atoms with Gasteiger partial charge in [0.2, 0.25) is 5.78 Å². The molecule has 3 nitrogen and oxygen atoms in total. The normalized spacial score (nSPS) is 17.1. The Bertz CT molecular complexity index is 794. The molecule has 0 radical (unpaired) electrons. The van der Waals surface area contributed by atoms with Crippen molar-refractivity contribution < 1.29 is 9.53 Å². The predicted octanol–water partition coefficient (Wildman–Crippen LogP) is 3.45. The zero-order chi connectivity index (χ0) is 14.3. The van der Waals surface area contributed by atoms with Gasteiger partial charge in [0.15, 0.2) is 5.60 Å². The maximum atomic E-state index is 12.1. The van der Waals surface area contributed by atoms with Crippen LogP contribution in [0.2, 0.25) is 0 Å². The number of rotatable bonds is 1. The first kappa shape index (κ1) is 12.4. The van der Waals surface area contributed by atoms with Crippen molar-refractivity contribution >= 4 is 22.3 Å². The van der Waals surface area contributed by atoms with Crippen LogP contribution in [0.1, 0.15) is 19.4 Å². The first-order valence-corrected chi connectivity index (χ1v) is 6.40. The van der Waals surface area contributed by atoms with Gasteiger partial charge in [-0.25, -0.2) is 0 Å². The minimum absolute atomic E-state index is 0.102. The van der Waals surface area contributed by atoms with Gasteiger partial charge in [-0.2, -0.15) is 5.26 Å². The molecule has 0 amide bonds. The zero-order valence-corrected chi connectivity index (χ0v) is 11.3. The summed E-state index contributed by atoms with van der Waals surface area (Å²) in [5.41, 5.74) is -0.101. The highest BCUT2D eigenvalue weighted by molar-refractivity contribution is 6.13. The third kappa shape index (κ3) is 1.78. The van der Waals surface area contributed by atoms with E-state index in [9.17, 15) is 10.1 Å². The fourth-order valence-electron chi connectivity index (χ4n) is 2.39. The zero-order valence-electron chi connectivity index (χ0n) is 11.3. The van der Waals surface area contributed by atoms with Crippen LogP contribution in [0.25, 0.3) is 16.5 Å². The fraction of sp³-hybridized carbons (Fsp3) is 0.176. The summed E-state index contributed by atoms with van der Waals surface area (Å²) in [6.07, 6.45) is 0. The molecule has 3 rings (SSSR count). The standard InChI is InChI=1S/C17H13NO2/c1-17(2)16(19)14(10-18)15(20-17)13-8-7-11-5-3-4-6-12(11)9-13/h3-9H,1-2H3. The Balaban J connectivity index is 2.18. The van der Waals surface area contributed by atoms with Crippen LogP contribution >= 0.6 is 0 Å². The van der Waals surface area contributed by atoms with E-state index in [0.717, 1.165) is 16.3 Å². The molecular formula is C17H13NO2. The van der Waals surface area contributed by atoms with Gasteiger partial charge in [-0.3, -0.25) is 4.79 Å². The number of carbonyl (C=O) groups excluding carboxylic acids is 1. The molecule has 1 aliphatic rings. The number of Topliss-reactive ketones (excluding diaryl/α,β-unsaturated/α-hetero) is 1. The maximum absolute atomic E-state index is 12.1. The lowest BCUT2D eigenvalue weighted by Gasteiger charge is -2.17. The highest BCUT2D eigenvalue weighted by Gasteiger charge is 2.42. The SMILES string of the molecule is CC1(C)OC(c2ccc3ccccc3c2)=C(C#N)C1=O. The summed E-state index contributed by atoms with van der Waals surface area (Å²) in [6, 6.07) is 15.7. The number of ether oxygens (including phenoxy) is 1. The lowest BCUT2D eigenvalue weighted by Crippen LogP contribution is -2.29. The number of nitriles is 1. The average molecular weight is 263 g/mol. The molecule has 0 unspecified atom stereocenters. The van der Waals surface area contributed by atoms with Gasteiger partial charge < -0.3 is 4.74 Å². The number of ketones is 1. The van der Waals surface area contributed by atoms with Crippen molar-refractivity contribution in [2.45, 2.75) is 19.4 Å². The van der Waals surface area contributed by atoms with Crippen LogP contribution < -0.4 is 0 Å². The van der Waals surface area contributed by atoms with Gasteiger partial charge in [-0.15, -0.1) is 0 Å². The van der Waals surface area contributed by atoms with Crippen molar-refractivity contribution in [2.24, 2.45) is 0 Å². The Kier molecular flexibility index (Phi) is 2.62. The molecule has 0 aliphatic carbocycles. The van der Waals surface area contributed by atoms with Crippen LogP contribution in [-0.4, -0.2) is 11.4 Å². The van der Waals surface area contributed by atoms with Crippen LogP contribution in [-0.2, 0) is 9.53 Å². The molecule has 0 atom stereocenters. The summed E-state index contributed by atoms with van der Waals surface area (Å²) in [5, 5.41) is 11.4. The quantitative estimate of drug-likeness (QED) is 0.791. The Hall–Kier alpha value is -2.60. The van der Waals surface area contributed by atoms with Crippen molar-refractivity contribution in [3.8, 4) is 6.07 Å². The molecule has 2 aromatic carbocycles. The second-order valence-corrected chi connectivity index (χ2v) is 5.32. The summed E-state index contributed by atoms with van der Waals surface area (Å²) in [5.74, 6) is 0.122. The summed E-state index contributed by atoms with van der Waals surface area (Å²) in [6.45, 7) is 3.36. The van der Waals surface area contributed by atoms with E-state index in [2.05, 4.69) is 0 Å². The molecule has 0 N–H and O–H groups in total. The lowest BCUT2D eigenvalue weighted by atomic mass is 9.98. The van der Waals surface area contributed by atoms with Crippen LogP contribution in [0.15, 0.2) is 48.0 Å².